The van der Waals surface area contributed by atoms with Crippen LogP contribution in [0.2, 0.25) is 0 Å². The Hall–Kier alpha value is -0.960. The standard InChI is InChI=1S/C11H13NOS/c1-12-10(13)7-8-14-11(12)9-5-3-2-4-6-9/h2-6,11H,7-8H2,1H3. The summed E-state index contributed by atoms with van der Waals surface area (Å²) in [7, 11) is 1.88. The van der Waals surface area contributed by atoms with Crippen molar-refractivity contribution in [2.24, 2.45) is 0 Å². The smallest absolute Gasteiger partial charge is 0.224 e. The summed E-state index contributed by atoms with van der Waals surface area (Å²) in [5.41, 5.74) is 1.22. The minimum absolute atomic E-state index is 0.206. The summed E-state index contributed by atoms with van der Waals surface area (Å²) in [6.07, 6.45) is 0.671. The molecule has 0 radical (unpaired) electrons. The molecule has 1 fully saturated rings. The zero-order valence-corrected chi connectivity index (χ0v) is 8.96. The first kappa shape index (κ1) is 9.59. The maximum Gasteiger partial charge on any atom is 0.224 e. The van der Waals surface area contributed by atoms with E-state index in [1.807, 2.05) is 41.9 Å². The van der Waals surface area contributed by atoms with Crippen molar-refractivity contribution in [3.63, 3.8) is 0 Å². The topological polar surface area (TPSA) is 20.3 Å². The number of hydrogen-bond donors (Lipinski definition) is 0. The van der Waals surface area contributed by atoms with E-state index in [0.717, 1.165) is 5.75 Å². The van der Waals surface area contributed by atoms with Gasteiger partial charge in [-0.3, -0.25) is 4.79 Å². The van der Waals surface area contributed by atoms with Gasteiger partial charge in [-0.05, 0) is 5.56 Å². The van der Waals surface area contributed by atoms with E-state index >= 15 is 0 Å². The second-order valence-electron chi connectivity index (χ2n) is 3.39. The molecule has 2 nitrogen and oxygen atoms in total. The summed E-state index contributed by atoms with van der Waals surface area (Å²) in [5.74, 6) is 1.18. The van der Waals surface area contributed by atoms with Gasteiger partial charge in [-0.1, -0.05) is 30.3 Å². The highest BCUT2D eigenvalue weighted by atomic mass is 32.2. The van der Waals surface area contributed by atoms with Crippen LogP contribution in [-0.4, -0.2) is 23.6 Å². The van der Waals surface area contributed by atoms with Crippen LogP contribution in [0.5, 0.6) is 0 Å². The van der Waals surface area contributed by atoms with Gasteiger partial charge in [0.05, 0.1) is 0 Å². The van der Waals surface area contributed by atoms with Crippen molar-refractivity contribution in [1.82, 2.24) is 4.90 Å². The lowest BCUT2D eigenvalue weighted by Gasteiger charge is -2.32. The number of carbonyl (C=O) groups is 1. The molecule has 74 valence electrons. The zero-order chi connectivity index (χ0) is 9.97. The Morgan fingerprint density at radius 3 is 2.79 bits per heavy atom. The molecule has 1 aliphatic heterocycles. The van der Waals surface area contributed by atoms with Gasteiger partial charge in [-0.2, -0.15) is 0 Å². The molecule has 0 aliphatic carbocycles. The van der Waals surface area contributed by atoms with Crippen LogP contribution in [-0.2, 0) is 4.79 Å². The number of nitrogens with zero attached hydrogens (tertiary/aromatic N) is 1. The molecule has 2 rings (SSSR count). The van der Waals surface area contributed by atoms with Gasteiger partial charge in [0.25, 0.3) is 0 Å². The molecular formula is C11H13NOS. The molecule has 0 bridgehead atoms. The third-order valence-electron chi connectivity index (χ3n) is 2.42. The fourth-order valence-corrected chi connectivity index (χ4v) is 2.82. The number of thioether (sulfide) groups is 1. The summed E-state index contributed by atoms with van der Waals surface area (Å²) in [5, 5.41) is 0.206. The lowest BCUT2D eigenvalue weighted by atomic mass is 10.2. The maximum absolute atomic E-state index is 11.5. The molecule has 1 amide bonds. The molecule has 1 atom stereocenters. The third-order valence-corrected chi connectivity index (χ3v) is 3.77. The van der Waals surface area contributed by atoms with E-state index < -0.39 is 0 Å². The summed E-state index contributed by atoms with van der Waals surface area (Å²) < 4.78 is 0. The van der Waals surface area contributed by atoms with Crippen molar-refractivity contribution >= 4 is 17.7 Å². The first-order chi connectivity index (χ1) is 6.79. The first-order valence-corrected chi connectivity index (χ1v) is 5.76. The fraction of sp³-hybridized carbons (Fsp3) is 0.364. The van der Waals surface area contributed by atoms with Crippen LogP contribution in [0.3, 0.4) is 0 Å². The minimum Gasteiger partial charge on any atom is -0.330 e. The highest BCUT2D eigenvalue weighted by molar-refractivity contribution is 7.99. The number of amides is 1. The summed E-state index contributed by atoms with van der Waals surface area (Å²) in [6.45, 7) is 0. The molecule has 0 saturated carbocycles. The van der Waals surface area contributed by atoms with Crippen LogP contribution in [0, 0.1) is 0 Å². The van der Waals surface area contributed by atoms with E-state index in [1.54, 1.807) is 0 Å². The van der Waals surface area contributed by atoms with Gasteiger partial charge in [0.2, 0.25) is 5.91 Å². The fourth-order valence-electron chi connectivity index (χ4n) is 1.61. The van der Waals surface area contributed by atoms with Crippen LogP contribution < -0.4 is 0 Å². The molecule has 1 saturated heterocycles. The third kappa shape index (κ3) is 1.77. The van der Waals surface area contributed by atoms with E-state index in [0.29, 0.717) is 6.42 Å². The second-order valence-corrected chi connectivity index (χ2v) is 4.58. The lowest BCUT2D eigenvalue weighted by Crippen LogP contribution is -2.33. The van der Waals surface area contributed by atoms with Crippen LogP contribution in [0.15, 0.2) is 30.3 Å². The number of benzene rings is 1. The highest BCUT2D eigenvalue weighted by Gasteiger charge is 2.25. The van der Waals surface area contributed by atoms with E-state index in [4.69, 9.17) is 0 Å². The van der Waals surface area contributed by atoms with Gasteiger partial charge < -0.3 is 4.90 Å². The number of carbonyl (C=O) groups excluding carboxylic acids is 1. The van der Waals surface area contributed by atoms with Crippen molar-refractivity contribution in [1.29, 1.82) is 0 Å². The first-order valence-electron chi connectivity index (χ1n) is 4.71. The predicted molar refractivity (Wildman–Crippen MR) is 59.0 cm³/mol. The summed E-state index contributed by atoms with van der Waals surface area (Å²) >= 11 is 1.83. The van der Waals surface area contributed by atoms with Crippen molar-refractivity contribution < 1.29 is 4.79 Å². The maximum atomic E-state index is 11.5. The number of rotatable bonds is 1. The van der Waals surface area contributed by atoms with Gasteiger partial charge in [0.1, 0.15) is 5.37 Å². The molecule has 1 heterocycles. The minimum atomic E-state index is 0.206. The molecule has 3 heteroatoms. The van der Waals surface area contributed by atoms with Gasteiger partial charge >= 0.3 is 0 Å². The Labute approximate surface area is 88.3 Å². The molecular weight excluding hydrogens is 194 g/mol. The van der Waals surface area contributed by atoms with Crippen molar-refractivity contribution in [2.75, 3.05) is 12.8 Å². The molecule has 1 unspecified atom stereocenters. The monoisotopic (exact) mass is 207 g/mol. The van der Waals surface area contributed by atoms with Gasteiger partial charge in [0.15, 0.2) is 0 Å². The lowest BCUT2D eigenvalue weighted by molar-refractivity contribution is -0.130. The normalized spacial score (nSPS) is 22.5. The average Bonchev–Trinajstić information content (AvgIpc) is 2.23. The van der Waals surface area contributed by atoms with Crippen molar-refractivity contribution in [3.8, 4) is 0 Å². The van der Waals surface area contributed by atoms with Gasteiger partial charge in [-0.25, -0.2) is 0 Å². The molecule has 0 aromatic heterocycles. The predicted octanol–water partition coefficient (Wildman–Crippen LogP) is 2.28. The van der Waals surface area contributed by atoms with Crippen LogP contribution in [0.4, 0.5) is 0 Å². The highest BCUT2D eigenvalue weighted by Crippen LogP contribution is 2.35. The summed E-state index contributed by atoms with van der Waals surface area (Å²) in [4.78, 5) is 13.3. The molecule has 14 heavy (non-hydrogen) atoms. The average molecular weight is 207 g/mol. The van der Waals surface area contributed by atoms with E-state index in [1.165, 1.54) is 5.56 Å². The molecule has 1 aromatic rings. The van der Waals surface area contributed by atoms with E-state index in [2.05, 4.69) is 12.1 Å². The quantitative estimate of drug-likeness (QED) is 0.704. The van der Waals surface area contributed by atoms with Crippen molar-refractivity contribution in [2.45, 2.75) is 11.8 Å². The van der Waals surface area contributed by atoms with Crippen LogP contribution >= 0.6 is 11.8 Å². The molecule has 0 N–H and O–H groups in total. The molecule has 1 aliphatic rings. The van der Waals surface area contributed by atoms with Gasteiger partial charge in [-0.15, -0.1) is 11.8 Å². The SMILES string of the molecule is CN1C(=O)CCSC1c1ccccc1. The number of hydrogen-bond acceptors (Lipinski definition) is 2. The van der Waals surface area contributed by atoms with Gasteiger partial charge in [0, 0.05) is 19.2 Å². The van der Waals surface area contributed by atoms with Crippen LogP contribution in [0.25, 0.3) is 0 Å². The van der Waals surface area contributed by atoms with E-state index in [-0.39, 0.29) is 11.3 Å². The largest absolute Gasteiger partial charge is 0.330 e. The molecule has 1 aromatic carbocycles. The van der Waals surface area contributed by atoms with E-state index in [9.17, 15) is 4.79 Å². The Balaban J connectivity index is 2.22. The zero-order valence-electron chi connectivity index (χ0n) is 8.14. The summed E-state index contributed by atoms with van der Waals surface area (Å²) in [6, 6.07) is 10.2. The molecule has 0 spiro atoms. The van der Waals surface area contributed by atoms with Crippen molar-refractivity contribution in [3.05, 3.63) is 35.9 Å². The Bertz CT molecular complexity index is 325. The Morgan fingerprint density at radius 2 is 2.07 bits per heavy atom. The second kappa shape index (κ2) is 4.05. The Kier molecular flexibility index (Phi) is 2.77. The van der Waals surface area contributed by atoms with Crippen LogP contribution in [0.1, 0.15) is 17.4 Å². The Morgan fingerprint density at radius 1 is 1.36 bits per heavy atom.